The van der Waals surface area contributed by atoms with E-state index in [9.17, 15) is 0 Å². The van der Waals surface area contributed by atoms with E-state index in [1.54, 1.807) is 6.26 Å². The van der Waals surface area contributed by atoms with Crippen LogP contribution in [-0.2, 0) is 6.42 Å². The molecule has 1 atom stereocenters. The van der Waals surface area contributed by atoms with Crippen LogP contribution in [0.3, 0.4) is 0 Å². The maximum Gasteiger partial charge on any atom is 0.121 e. The second-order valence-electron chi connectivity index (χ2n) is 3.81. The van der Waals surface area contributed by atoms with Gasteiger partial charge in [-0.3, -0.25) is 0 Å². The van der Waals surface area contributed by atoms with Crippen molar-refractivity contribution in [3.63, 3.8) is 0 Å². The lowest BCUT2D eigenvalue weighted by atomic mass is 10.0. The van der Waals surface area contributed by atoms with E-state index >= 15 is 0 Å². The zero-order valence-corrected chi connectivity index (χ0v) is 10.9. The second-order valence-corrected chi connectivity index (χ2v) is 4.62. The van der Waals surface area contributed by atoms with Crippen molar-refractivity contribution in [3.8, 4) is 0 Å². The van der Waals surface area contributed by atoms with Gasteiger partial charge in [-0.05, 0) is 43.3 Å². The van der Waals surface area contributed by atoms with Crippen molar-refractivity contribution in [1.82, 2.24) is 5.32 Å². The zero-order chi connectivity index (χ0) is 12.3. The number of nitrogens with one attached hydrogen (secondary N) is 1. The molecule has 1 N–H and O–H groups in total. The van der Waals surface area contributed by atoms with Gasteiger partial charge in [-0.15, -0.1) is 0 Å². The molecule has 0 fully saturated rings. The fourth-order valence-electron chi connectivity index (χ4n) is 1.74. The molecule has 1 aromatic carbocycles. The van der Waals surface area contributed by atoms with Gasteiger partial charge in [0.05, 0.1) is 22.4 Å². The second kappa shape index (κ2) is 5.58. The molecule has 90 valence electrons. The molecule has 0 saturated heterocycles. The Labute approximate surface area is 111 Å². The molecular weight excluding hydrogens is 257 g/mol. The summed E-state index contributed by atoms with van der Waals surface area (Å²) in [5.74, 6) is 0.915. The summed E-state index contributed by atoms with van der Waals surface area (Å²) in [6.45, 7) is 0. The number of halogens is 2. The summed E-state index contributed by atoms with van der Waals surface area (Å²) in [4.78, 5) is 0. The molecule has 17 heavy (non-hydrogen) atoms. The molecule has 0 radical (unpaired) electrons. The van der Waals surface area contributed by atoms with Crippen molar-refractivity contribution in [2.45, 2.75) is 12.5 Å². The minimum absolute atomic E-state index is 0.141. The Balaban J connectivity index is 2.16. The van der Waals surface area contributed by atoms with Crippen LogP contribution in [0.4, 0.5) is 0 Å². The third-order valence-electron chi connectivity index (χ3n) is 2.66. The number of rotatable bonds is 4. The highest BCUT2D eigenvalue weighted by atomic mass is 35.5. The van der Waals surface area contributed by atoms with Crippen molar-refractivity contribution >= 4 is 23.2 Å². The summed E-state index contributed by atoms with van der Waals surface area (Å²) >= 11 is 11.9. The predicted molar refractivity (Wildman–Crippen MR) is 70.7 cm³/mol. The molecule has 4 heteroatoms. The van der Waals surface area contributed by atoms with Crippen LogP contribution >= 0.6 is 23.2 Å². The molecule has 2 aromatic rings. The van der Waals surface area contributed by atoms with Crippen LogP contribution in [-0.4, -0.2) is 7.05 Å². The highest BCUT2D eigenvalue weighted by Gasteiger charge is 2.13. The number of hydrogen-bond donors (Lipinski definition) is 1. The SMILES string of the molecule is CNC(Cc1ccc(Cl)c(Cl)c1)c1ccco1. The molecule has 2 nitrogen and oxygen atoms in total. The van der Waals surface area contributed by atoms with E-state index in [1.165, 1.54) is 0 Å². The van der Waals surface area contributed by atoms with Crippen LogP contribution in [0.1, 0.15) is 17.4 Å². The minimum atomic E-state index is 0.141. The topological polar surface area (TPSA) is 25.2 Å². The van der Waals surface area contributed by atoms with Crippen molar-refractivity contribution < 1.29 is 4.42 Å². The van der Waals surface area contributed by atoms with Crippen LogP contribution in [0.15, 0.2) is 41.0 Å². The van der Waals surface area contributed by atoms with Crippen molar-refractivity contribution in [3.05, 3.63) is 58.0 Å². The van der Waals surface area contributed by atoms with Crippen LogP contribution in [0.5, 0.6) is 0 Å². The van der Waals surface area contributed by atoms with Crippen LogP contribution < -0.4 is 5.32 Å². The molecule has 2 rings (SSSR count). The monoisotopic (exact) mass is 269 g/mol. The van der Waals surface area contributed by atoms with E-state index in [-0.39, 0.29) is 6.04 Å². The van der Waals surface area contributed by atoms with Crippen molar-refractivity contribution in [2.75, 3.05) is 7.05 Å². The first-order valence-electron chi connectivity index (χ1n) is 5.35. The Morgan fingerprint density at radius 1 is 1.24 bits per heavy atom. The first kappa shape index (κ1) is 12.5. The molecular formula is C13H13Cl2NO. The summed E-state index contributed by atoms with van der Waals surface area (Å²) in [5.41, 5.74) is 1.12. The third-order valence-corrected chi connectivity index (χ3v) is 3.40. The molecule has 0 saturated carbocycles. The van der Waals surface area contributed by atoms with Crippen molar-refractivity contribution in [2.24, 2.45) is 0 Å². The fourth-order valence-corrected chi connectivity index (χ4v) is 2.06. The van der Waals surface area contributed by atoms with E-state index in [0.717, 1.165) is 17.7 Å². The van der Waals surface area contributed by atoms with E-state index < -0.39 is 0 Å². The molecule has 0 bridgehead atoms. The first-order valence-corrected chi connectivity index (χ1v) is 6.11. The molecule has 0 spiro atoms. The highest BCUT2D eigenvalue weighted by Crippen LogP contribution is 2.25. The molecule has 1 heterocycles. The van der Waals surface area contributed by atoms with E-state index in [1.807, 2.05) is 37.4 Å². The minimum Gasteiger partial charge on any atom is -0.468 e. The lowest BCUT2D eigenvalue weighted by Gasteiger charge is -2.14. The number of benzene rings is 1. The van der Waals surface area contributed by atoms with Gasteiger partial charge in [-0.25, -0.2) is 0 Å². The number of hydrogen-bond acceptors (Lipinski definition) is 2. The van der Waals surface area contributed by atoms with Gasteiger partial charge in [0.15, 0.2) is 0 Å². The number of likely N-dealkylation sites (N-methyl/N-ethyl adjacent to an activating group) is 1. The Morgan fingerprint density at radius 3 is 2.65 bits per heavy atom. The maximum atomic E-state index is 5.99. The van der Waals surface area contributed by atoms with Gasteiger partial charge >= 0.3 is 0 Å². The molecule has 0 aliphatic carbocycles. The largest absolute Gasteiger partial charge is 0.468 e. The van der Waals surface area contributed by atoms with Gasteiger partial charge in [0.25, 0.3) is 0 Å². The first-order chi connectivity index (χ1) is 8.20. The molecule has 1 unspecified atom stereocenters. The third kappa shape index (κ3) is 3.03. The fraction of sp³-hybridized carbons (Fsp3) is 0.231. The molecule has 1 aromatic heterocycles. The lowest BCUT2D eigenvalue weighted by molar-refractivity contribution is 0.429. The summed E-state index contributed by atoms with van der Waals surface area (Å²) in [6, 6.07) is 9.65. The Hall–Kier alpha value is -0.960. The van der Waals surface area contributed by atoms with Gasteiger partial charge in [0.2, 0.25) is 0 Å². The molecule has 0 amide bonds. The van der Waals surface area contributed by atoms with E-state index in [4.69, 9.17) is 27.6 Å². The summed E-state index contributed by atoms with van der Waals surface area (Å²) in [5, 5.41) is 4.38. The average Bonchev–Trinajstić information content (AvgIpc) is 2.84. The quantitative estimate of drug-likeness (QED) is 0.905. The summed E-state index contributed by atoms with van der Waals surface area (Å²) in [7, 11) is 1.91. The normalized spacial score (nSPS) is 12.6. The predicted octanol–water partition coefficient (Wildman–Crippen LogP) is 4.09. The lowest BCUT2D eigenvalue weighted by Crippen LogP contribution is -2.18. The molecule has 0 aliphatic rings. The van der Waals surface area contributed by atoms with Crippen LogP contribution in [0.25, 0.3) is 0 Å². The van der Waals surface area contributed by atoms with Gasteiger partial charge in [-0.2, -0.15) is 0 Å². The van der Waals surface area contributed by atoms with Gasteiger partial charge in [0.1, 0.15) is 5.76 Å². The maximum absolute atomic E-state index is 5.99. The average molecular weight is 270 g/mol. The van der Waals surface area contributed by atoms with E-state index in [2.05, 4.69) is 5.32 Å². The van der Waals surface area contributed by atoms with Gasteiger partial charge in [0, 0.05) is 0 Å². The van der Waals surface area contributed by atoms with Crippen LogP contribution in [0.2, 0.25) is 10.0 Å². The Bertz CT molecular complexity index is 482. The van der Waals surface area contributed by atoms with Gasteiger partial charge < -0.3 is 9.73 Å². The van der Waals surface area contributed by atoms with Crippen LogP contribution in [0, 0.1) is 0 Å². The Kier molecular flexibility index (Phi) is 4.11. The molecule has 0 aliphatic heterocycles. The standard InChI is InChI=1S/C13H13Cl2NO/c1-16-12(13-3-2-6-17-13)8-9-4-5-10(14)11(15)7-9/h2-7,12,16H,8H2,1H3. The zero-order valence-electron chi connectivity index (χ0n) is 9.41. The summed E-state index contributed by atoms with van der Waals surface area (Å²) < 4.78 is 5.39. The number of furan rings is 1. The highest BCUT2D eigenvalue weighted by molar-refractivity contribution is 6.42. The van der Waals surface area contributed by atoms with Gasteiger partial charge in [-0.1, -0.05) is 29.3 Å². The Morgan fingerprint density at radius 2 is 2.06 bits per heavy atom. The van der Waals surface area contributed by atoms with Crippen molar-refractivity contribution in [1.29, 1.82) is 0 Å². The van der Waals surface area contributed by atoms with E-state index in [0.29, 0.717) is 10.0 Å². The summed E-state index contributed by atoms with van der Waals surface area (Å²) in [6.07, 6.45) is 2.48. The smallest absolute Gasteiger partial charge is 0.121 e.